The number of rotatable bonds is 5. The summed E-state index contributed by atoms with van der Waals surface area (Å²) in [6, 6.07) is 6.23. The summed E-state index contributed by atoms with van der Waals surface area (Å²) >= 11 is 6.33. The Morgan fingerprint density at radius 1 is 1.37 bits per heavy atom. The fourth-order valence-electron chi connectivity index (χ4n) is 2.17. The van der Waals surface area contributed by atoms with Crippen molar-refractivity contribution < 1.29 is 4.21 Å². The molecule has 1 N–H and O–H groups in total. The van der Waals surface area contributed by atoms with E-state index in [1.165, 1.54) is 0 Å². The molecule has 0 saturated carbocycles. The van der Waals surface area contributed by atoms with Gasteiger partial charge in [0.05, 0.1) is 0 Å². The predicted octanol–water partition coefficient (Wildman–Crippen LogP) is 2.41. The molecule has 1 aliphatic rings. The Hall–Kier alpha value is -0.580. The second-order valence-corrected chi connectivity index (χ2v) is 6.89. The number of halogens is 1. The molecule has 0 unspecified atom stereocenters. The van der Waals surface area contributed by atoms with E-state index in [0.717, 1.165) is 60.4 Å². The molecule has 0 aliphatic carbocycles. The lowest BCUT2D eigenvalue weighted by Gasteiger charge is -2.28. The summed E-state index contributed by atoms with van der Waals surface area (Å²) in [5, 5.41) is 4.17. The highest BCUT2D eigenvalue weighted by Crippen LogP contribution is 2.24. The van der Waals surface area contributed by atoms with E-state index in [1.54, 1.807) is 0 Å². The van der Waals surface area contributed by atoms with Gasteiger partial charge in [0.2, 0.25) is 0 Å². The first-order valence-corrected chi connectivity index (χ1v) is 8.66. The zero-order chi connectivity index (χ0) is 13.7. The summed E-state index contributed by atoms with van der Waals surface area (Å²) in [5.41, 5.74) is 2.28. The minimum absolute atomic E-state index is 0.634. The Balaban J connectivity index is 1.99. The summed E-state index contributed by atoms with van der Waals surface area (Å²) in [6.45, 7) is 5.69. The molecule has 0 aromatic heterocycles. The molecule has 1 aromatic rings. The van der Waals surface area contributed by atoms with E-state index >= 15 is 0 Å². The Morgan fingerprint density at radius 3 is 2.74 bits per heavy atom. The van der Waals surface area contributed by atoms with Gasteiger partial charge in [0.15, 0.2) is 0 Å². The van der Waals surface area contributed by atoms with Crippen molar-refractivity contribution in [2.75, 3.05) is 36.0 Å². The normalized spacial score (nSPS) is 16.8. The fraction of sp³-hybridized carbons (Fsp3) is 0.571. The van der Waals surface area contributed by atoms with Crippen LogP contribution < -0.4 is 10.2 Å². The van der Waals surface area contributed by atoms with Gasteiger partial charge in [-0.25, -0.2) is 0 Å². The minimum atomic E-state index is -0.634. The number of benzene rings is 1. The monoisotopic (exact) mass is 300 g/mol. The molecule has 5 heteroatoms. The quantitative estimate of drug-likeness (QED) is 0.848. The minimum Gasteiger partial charge on any atom is -0.370 e. The van der Waals surface area contributed by atoms with Crippen molar-refractivity contribution in [1.82, 2.24) is 5.32 Å². The van der Waals surface area contributed by atoms with Crippen molar-refractivity contribution in [2.24, 2.45) is 0 Å². The summed E-state index contributed by atoms with van der Waals surface area (Å²) in [4.78, 5) is 2.26. The Bertz CT molecular complexity index is 443. The first kappa shape index (κ1) is 14.8. The first-order valence-electron chi connectivity index (χ1n) is 6.79. The molecular weight excluding hydrogens is 280 g/mol. The van der Waals surface area contributed by atoms with Gasteiger partial charge < -0.3 is 10.2 Å². The van der Waals surface area contributed by atoms with E-state index in [1.807, 2.05) is 6.07 Å². The van der Waals surface area contributed by atoms with E-state index in [2.05, 4.69) is 29.3 Å². The fourth-order valence-corrected chi connectivity index (χ4v) is 3.47. The van der Waals surface area contributed by atoms with Gasteiger partial charge in [-0.2, -0.15) is 0 Å². The van der Waals surface area contributed by atoms with Crippen LogP contribution in [0.1, 0.15) is 18.9 Å². The van der Waals surface area contributed by atoms with Crippen LogP contribution in [0.4, 0.5) is 5.69 Å². The molecule has 1 aliphatic heterocycles. The van der Waals surface area contributed by atoms with Crippen LogP contribution in [0.25, 0.3) is 0 Å². The van der Waals surface area contributed by atoms with Gasteiger partial charge in [0, 0.05) is 52.6 Å². The van der Waals surface area contributed by atoms with Gasteiger partial charge >= 0.3 is 0 Å². The topological polar surface area (TPSA) is 32.3 Å². The highest BCUT2D eigenvalue weighted by molar-refractivity contribution is 7.85. The van der Waals surface area contributed by atoms with Crippen LogP contribution in [0, 0.1) is 0 Å². The Labute approximate surface area is 122 Å². The second kappa shape index (κ2) is 7.27. The lowest BCUT2D eigenvalue weighted by atomic mass is 10.2. The standard InChI is InChI=1S/C14H21ClN2OS/c1-2-5-16-11-12-3-4-13(10-14(12)15)17-6-8-19(18)9-7-17/h3-4,10,16H,2,5-9,11H2,1H3. The molecule has 2 rings (SSSR count). The molecular formula is C14H21ClN2OS. The highest BCUT2D eigenvalue weighted by Gasteiger charge is 2.16. The molecule has 0 spiro atoms. The molecule has 106 valence electrons. The molecule has 0 bridgehead atoms. The summed E-state index contributed by atoms with van der Waals surface area (Å²) in [7, 11) is -0.634. The Kier molecular flexibility index (Phi) is 5.67. The van der Waals surface area contributed by atoms with Crippen LogP contribution >= 0.6 is 11.6 Å². The molecule has 1 fully saturated rings. The molecule has 3 nitrogen and oxygen atoms in total. The molecule has 0 radical (unpaired) electrons. The van der Waals surface area contributed by atoms with Crippen molar-refractivity contribution in [1.29, 1.82) is 0 Å². The maximum atomic E-state index is 11.4. The van der Waals surface area contributed by atoms with Gasteiger partial charge in [-0.05, 0) is 30.7 Å². The van der Waals surface area contributed by atoms with Gasteiger partial charge in [0.25, 0.3) is 0 Å². The number of nitrogens with zero attached hydrogens (tertiary/aromatic N) is 1. The molecule has 1 saturated heterocycles. The molecule has 0 amide bonds. The third-order valence-electron chi connectivity index (χ3n) is 3.32. The van der Waals surface area contributed by atoms with Crippen molar-refractivity contribution in [3.05, 3.63) is 28.8 Å². The first-order chi connectivity index (χ1) is 9.20. The van der Waals surface area contributed by atoms with Crippen molar-refractivity contribution >= 4 is 28.1 Å². The zero-order valence-corrected chi connectivity index (χ0v) is 12.9. The lowest BCUT2D eigenvalue weighted by Crippen LogP contribution is -2.37. The van der Waals surface area contributed by atoms with Crippen LogP contribution in [0.15, 0.2) is 18.2 Å². The van der Waals surface area contributed by atoms with E-state index in [-0.39, 0.29) is 0 Å². The summed E-state index contributed by atoms with van der Waals surface area (Å²) in [5.74, 6) is 1.52. The van der Waals surface area contributed by atoms with E-state index < -0.39 is 10.8 Å². The SMILES string of the molecule is CCCNCc1ccc(N2CCS(=O)CC2)cc1Cl. The van der Waals surface area contributed by atoms with Crippen LogP contribution in [0.2, 0.25) is 5.02 Å². The third kappa shape index (κ3) is 4.20. The number of hydrogen-bond acceptors (Lipinski definition) is 3. The molecule has 19 heavy (non-hydrogen) atoms. The predicted molar refractivity (Wildman–Crippen MR) is 83.5 cm³/mol. The summed E-state index contributed by atoms with van der Waals surface area (Å²) < 4.78 is 11.4. The van der Waals surface area contributed by atoms with Gasteiger partial charge in [-0.1, -0.05) is 24.6 Å². The lowest BCUT2D eigenvalue weighted by molar-refractivity contribution is 0.672. The molecule has 1 aromatic carbocycles. The highest BCUT2D eigenvalue weighted by atomic mass is 35.5. The van der Waals surface area contributed by atoms with Gasteiger partial charge in [0.1, 0.15) is 0 Å². The van der Waals surface area contributed by atoms with Crippen molar-refractivity contribution in [2.45, 2.75) is 19.9 Å². The summed E-state index contributed by atoms with van der Waals surface area (Å²) in [6.07, 6.45) is 1.13. The van der Waals surface area contributed by atoms with Crippen molar-refractivity contribution in [3.8, 4) is 0 Å². The van der Waals surface area contributed by atoms with Crippen LogP contribution in [-0.4, -0.2) is 35.3 Å². The third-order valence-corrected chi connectivity index (χ3v) is 4.95. The maximum absolute atomic E-state index is 11.4. The molecule has 0 atom stereocenters. The molecule has 1 heterocycles. The van der Waals surface area contributed by atoms with E-state index in [4.69, 9.17) is 11.6 Å². The van der Waals surface area contributed by atoms with Crippen molar-refractivity contribution in [3.63, 3.8) is 0 Å². The zero-order valence-electron chi connectivity index (χ0n) is 11.3. The number of nitrogens with one attached hydrogen (secondary N) is 1. The Morgan fingerprint density at radius 2 is 2.11 bits per heavy atom. The van der Waals surface area contributed by atoms with Crippen LogP contribution in [0.5, 0.6) is 0 Å². The van der Waals surface area contributed by atoms with E-state index in [9.17, 15) is 4.21 Å². The second-order valence-electron chi connectivity index (χ2n) is 4.79. The van der Waals surface area contributed by atoms with E-state index in [0.29, 0.717) is 0 Å². The van der Waals surface area contributed by atoms with Gasteiger partial charge in [-0.3, -0.25) is 4.21 Å². The van der Waals surface area contributed by atoms with Gasteiger partial charge in [-0.15, -0.1) is 0 Å². The number of hydrogen-bond donors (Lipinski definition) is 1. The smallest absolute Gasteiger partial charge is 0.0471 e. The van der Waals surface area contributed by atoms with Crippen LogP contribution in [0.3, 0.4) is 0 Å². The average molecular weight is 301 g/mol. The largest absolute Gasteiger partial charge is 0.370 e. The average Bonchev–Trinajstić information content (AvgIpc) is 2.42. The maximum Gasteiger partial charge on any atom is 0.0471 e. The number of anilines is 1. The van der Waals surface area contributed by atoms with Crippen LogP contribution in [-0.2, 0) is 17.3 Å².